The Bertz CT molecular complexity index is 815. The molecule has 1 aliphatic heterocycles. The predicted octanol–water partition coefficient (Wildman–Crippen LogP) is 5.64. The van der Waals surface area contributed by atoms with Crippen LogP contribution in [0.15, 0.2) is 66.0 Å². The lowest BCUT2D eigenvalue weighted by Gasteiger charge is -2.33. The predicted molar refractivity (Wildman–Crippen MR) is 105 cm³/mol. The second-order valence-electron chi connectivity index (χ2n) is 6.31. The van der Waals surface area contributed by atoms with E-state index in [0.717, 1.165) is 36.1 Å². The highest BCUT2D eigenvalue weighted by atomic mass is 35.5. The number of thiophene rings is 1. The summed E-state index contributed by atoms with van der Waals surface area (Å²) in [6.07, 6.45) is 0.166. The van der Waals surface area contributed by atoms with Crippen molar-refractivity contribution in [3.05, 3.63) is 81.5 Å². The third kappa shape index (κ3) is 3.96. The average Bonchev–Trinajstić information content (AvgIpc) is 3.09. The van der Waals surface area contributed by atoms with Gasteiger partial charge >= 0.3 is 0 Å². The van der Waals surface area contributed by atoms with Crippen LogP contribution in [-0.4, -0.2) is 24.6 Å². The molecule has 3 aromatic rings. The summed E-state index contributed by atoms with van der Waals surface area (Å²) in [6.45, 7) is 3.63. The van der Waals surface area contributed by atoms with E-state index >= 15 is 0 Å². The molecule has 1 unspecified atom stereocenters. The molecule has 25 heavy (non-hydrogen) atoms. The van der Waals surface area contributed by atoms with Crippen molar-refractivity contribution in [1.29, 1.82) is 0 Å². The summed E-state index contributed by atoms with van der Waals surface area (Å²) >= 11 is 7.81. The summed E-state index contributed by atoms with van der Waals surface area (Å²) in [4.78, 5) is 2.47. The van der Waals surface area contributed by atoms with Gasteiger partial charge < -0.3 is 4.74 Å². The van der Waals surface area contributed by atoms with Gasteiger partial charge in [-0.15, -0.1) is 11.3 Å². The fraction of sp³-hybridized carbons (Fsp3) is 0.238. The van der Waals surface area contributed by atoms with Gasteiger partial charge in [0.2, 0.25) is 0 Å². The van der Waals surface area contributed by atoms with Crippen LogP contribution in [0.25, 0.3) is 11.1 Å². The minimum absolute atomic E-state index is 0.166. The largest absolute Gasteiger partial charge is 0.371 e. The fourth-order valence-electron chi connectivity index (χ4n) is 3.26. The first-order valence-electron chi connectivity index (χ1n) is 8.51. The summed E-state index contributed by atoms with van der Waals surface area (Å²) in [5.74, 6) is 0. The van der Waals surface area contributed by atoms with Crippen molar-refractivity contribution < 1.29 is 4.74 Å². The van der Waals surface area contributed by atoms with Crippen molar-refractivity contribution in [2.75, 3.05) is 19.7 Å². The van der Waals surface area contributed by atoms with Gasteiger partial charge in [0.15, 0.2) is 0 Å². The Morgan fingerprint density at radius 3 is 2.56 bits per heavy atom. The fourth-order valence-corrected chi connectivity index (χ4v) is 4.23. The van der Waals surface area contributed by atoms with E-state index in [0.29, 0.717) is 0 Å². The van der Waals surface area contributed by atoms with Crippen LogP contribution in [-0.2, 0) is 11.3 Å². The zero-order chi connectivity index (χ0) is 17.1. The summed E-state index contributed by atoms with van der Waals surface area (Å²) in [6, 6.07) is 21.3. The van der Waals surface area contributed by atoms with Crippen LogP contribution in [0.2, 0.25) is 4.34 Å². The van der Waals surface area contributed by atoms with Crippen LogP contribution in [0.3, 0.4) is 0 Å². The lowest BCUT2D eigenvalue weighted by Crippen LogP contribution is -2.37. The molecule has 4 heteroatoms. The van der Waals surface area contributed by atoms with Crippen LogP contribution in [0.5, 0.6) is 0 Å². The zero-order valence-corrected chi connectivity index (χ0v) is 15.5. The molecule has 2 heterocycles. The molecule has 2 nitrogen and oxygen atoms in total. The smallest absolute Gasteiger partial charge is 0.101 e. The van der Waals surface area contributed by atoms with Gasteiger partial charge in [-0.25, -0.2) is 0 Å². The van der Waals surface area contributed by atoms with Crippen molar-refractivity contribution >= 4 is 22.9 Å². The molecule has 1 aliphatic rings. The van der Waals surface area contributed by atoms with Gasteiger partial charge in [-0.1, -0.05) is 66.2 Å². The Balaban J connectivity index is 1.42. The third-order valence-corrected chi connectivity index (χ3v) is 5.78. The van der Waals surface area contributed by atoms with Crippen molar-refractivity contribution in [1.82, 2.24) is 4.90 Å². The van der Waals surface area contributed by atoms with Crippen LogP contribution in [0, 0.1) is 0 Å². The van der Waals surface area contributed by atoms with Crippen molar-refractivity contribution in [2.24, 2.45) is 0 Å². The number of rotatable bonds is 4. The molecular formula is C21H20ClNOS. The number of morpholine rings is 1. The Morgan fingerprint density at radius 1 is 1.04 bits per heavy atom. The molecule has 0 spiro atoms. The highest BCUT2D eigenvalue weighted by Crippen LogP contribution is 2.32. The van der Waals surface area contributed by atoms with Crippen molar-refractivity contribution in [3.63, 3.8) is 0 Å². The molecule has 1 fully saturated rings. The Morgan fingerprint density at radius 2 is 1.84 bits per heavy atom. The maximum absolute atomic E-state index is 6.24. The first-order chi connectivity index (χ1) is 12.3. The number of halogens is 1. The van der Waals surface area contributed by atoms with Crippen LogP contribution >= 0.6 is 22.9 Å². The van der Waals surface area contributed by atoms with Crippen LogP contribution < -0.4 is 0 Å². The molecular weight excluding hydrogens is 350 g/mol. The van der Waals surface area contributed by atoms with Gasteiger partial charge in [0, 0.05) is 25.2 Å². The number of hydrogen-bond acceptors (Lipinski definition) is 3. The SMILES string of the molecule is Clc1sccc1-c1ccc(CN2CCOC(c3ccccc3)C2)cc1. The monoisotopic (exact) mass is 369 g/mol. The molecule has 0 amide bonds. The lowest BCUT2D eigenvalue weighted by molar-refractivity contribution is -0.0329. The molecule has 0 bridgehead atoms. The highest BCUT2D eigenvalue weighted by molar-refractivity contribution is 7.15. The molecule has 0 saturated carbocycles. The van der Waals surface area contributed by atoms with E-state index in [-0.39, 0.29) is 6.10 Å². The van der Waals surface area contributed by atoms with Crippen LogP contribution in [0.1, 0.15) is 17.2 Å². The Labute approximate surface area is 157 Å². The van der Waals surface area contributed by atoms with Crippen molar-refractivity contribution in [2.45, 2.75) is 12.6 Å². The minimum Gasteiger partial charge on any atom is -0.371 e. The third-order valence-electron chi connectivity index (χ3n) is 4.61. The molecule has 4 rings (SSSR count). The standard InChI is InChI=1S/C21H20ClNOS/c22-21-19(10-13-25-21)17-8-6-16(7-9-17)14-23-11-12-24-20(15-23)18-4-2-1-3-5-18/h1-10,13,20H,11-12,14-15H2. The quantitative estimate of drug-likeness (QED) is 0.589. The molecule has 1 aromatic heterocycles. The summed E-state index contributed by atoms with van der Waals surface area (Å²) < 4.78 is 6.81. The summed E-state index contributed by atoms with van der Waals surface area (Å²) in [7, 11) is 0. The molecule has 1 atom stereocenters. The molecule has 128 valence electrons. The molecule has 0 aliphatic carbocycles. The first-order valence-corrected chi connectivity index (χ1v) is 9.76. The van der Waals surface area contributed by atoms with Gasteiger partial charge in [-0.2, -0.15) is 0 Å². The van der Waals surface area contributed by atoms with Gasteiger partial charge in [-0.3, -0.25) is 4.90 Å². The van der Waals surface area contributed by atoms with Gasteiger partial charge in [-0.05, 0) is 28.1 Å². The van der Waals surface area contributed by atoms with E-state index in [4.69, 9.17) is 16.3 Å². The Kier molecular flexibility index (Phi) is 5.18. The molecule has 1 saturated heterocycles. The van der Waals surface area contributed by atoms with E-state index in [1.165, 1.54) is 16.7 Å². The number of nitrogens with zero attached hydrogens (tertiary/aromatic N) is 1. The summed E-state index contributed by atoms with van der Waals surface area (Å²) in [5.41, 5.74) is 4.88. The maximum Gasteiger partial charge on any atom is 0.101 e. The first kappa shape index (κ1) is 16.8. The van der Waals surface area contributed by atoms with E-state index in [1.807, 2.05) is 11.4 Å². The van der Waals surface area contributed by atoms with E-state index in [9.17, 15) is 0 Å². The second-order valence-corrected chi connectivity index (χ2v) is 7.83. The van der Waals surface area contributed by atoms with Gasteiger partial charge in [0.25, 0.3) is 0 Å². The second kappa shape index (κ2) is 7.71. The van der Waals surface area contributed by atoms with E-state index in [1.54, 1.807) is 11.3 Å². The normalized spacial score (nSPS) is 18.4. The lowest BCUT2D eigenvalue weighted by atomic mass is 10.1. The topological polar surface area (TPSA) is 12.5 Å². The van der Waals surface area contributed by atoms with E-state index in [2.05, 4.69) is 59.5 Å². The average molecular weight is 370 g/mol. The highest BCUT2D eigenvalue weighted by Gasteiger charge is 2.21. The number of ether oxygens (including phenoxy) is 1. The van der Waals surface area contributed by atoms with Gasteiger partial charge in [0.05, 0.1) is 12.7 Å². The Hall–Kier alpha value is -1.65. The van der Waals surface area contributed by atoms with Gasteiger partial charge in [0.1, 0.15) is 4.34 Å². The minimum atomic E-state index is 0.166. The molecule has 2 aromatic carbocycles. The molecule has 0 N–H and O–H groups in total. The zero-order valence-electron chi connectivity index (χ0n) is 13.9. The maximum atomic E-state index is 6.24. The van der Waals surface area contributed by atoms with E-state index < -0.39 is 0 Å². The van der Waals surface area contributed by atoms with Crippen LogP contribution in [0.4, 0.5) is 0 Å². The number of hydrogen-bond donors (Lipinski definition) is 0. The summed E-state index contributed by atoms with van der Waals surface area (Å²) in [5, 5.41) is 2.03. The number of benzene rings is 2. The molecule has 0 radical (unpaired) electrons. The van der Waals surface area contributed by atoms with Crippen molar-refractivity contribution in [3.8, 4) is 11.1 Å².